The van der Waals surface area contributed by atoms with Crippen molar-refractivity contribution >= 4 is 12.4 Å². The van der Waals surface area contributed by atoms with Crippen LogP contribution in [0.1, 0.15) is 18.5 Å². The molecule has 0 unspecified atom stereocenters. The van der Waals surface area contributed by atoms with E-state index < -0.39 is 6.10 Å². The van der Waals surface area contributed by atoms with Crippen LogP contribution in [0.2, 0.25) is 0 Å². The highest BCUT2D eigenvalue weighted by Crippen LogP contribution is 2.23. The highest BCUT2D eigenvalue weighted by atomic mass is 35.5. The zero-order valence-corrected chi connectivity index (χ0v) is 11.5. The highest BCUT2D eigenvalue weighted by molar-refractivity contribution is 5.85. The third kappa shape index (κ3) is 4.24. The lowest BCUT2D eigenvalue weighted by atomic mass is 10.0. The number of ether oxygens (including phenoxy) is 1. The van der Waals surface area contributed by atoms with Gasteiger partial charge in [-0.1, -0.05) is 30.3 Å². The summed E-state index contributed by atoms with van der Waals surface area (Å²) in [5.74, 6) is 1.55. The maximum absolute atomic E-state index is 9.42. The number of aliphatic hydroxyl groups excluding tert-OH is 1. The molecule has 2 aromatic carbocycles. The van der Waals surface area contributed by atoms with Gasteiger partial charge >= 0.3 is 0 Å². The first-order chi connectivity index (χ1) is 8.66. The van der Waals surface area contributed by atoms with E-state index >= 15 is 0 Å². The van der Waals surface area contributed by atoms with Gasteiger partial charge in [-0.15, -0.1) is 12.4 Å². The monoisotopic (exact) mass is 279 g/mol. The Balaban J connectivity index is 0.00000180. The summed E-state index contributed by atoms with van der Waals surface area (Å²) in [6.07, 6.45) is -0.564. The first-order valence-electron chi connectivity index (χ1n) is 5.93. The molecule has 0 aromatic heterocycles. The van der Waals surface area contributed by atoms with Crippen molar-refractivity contribution in [2.24, 2.45) is 5.73 Å². The van der Waals surface area contributed by atoms with Crippen molar-refractivity contribution in [3.05, 3.63) is 60.2 Å². The van der Waals surface area contributed by atoms with Crippen LogP contribution in [-0.2, 0) is 0 Å². The van der Waals surface area contributed by atoms with E-state index in [1.807, 2.05) is 54.6 Å². The standard InChI is InChI=1S/C15H17NO2.ClH/c1-11(17)15(16)12-7-9-14(10-8-12)18-13-5-3-2-4-6-13;/h2-11,15,17H,16H2,1H3;1H/t11-,15-;/m1./s1. The third-order valence-electron chi connectivity index (χ3n) is 2.76. The summed E-state index contributed by atoms with van der Waals surface area (Å²) in [7, 11) is 0. The highest BCUT2D eigenvalue weighted by Gasteiger charge is 2.11. The summed E-state index contributed by atoms with van der Waals surface area (Å²) in [6, 6.07) is 16.7. The van der Waals surface area contributed by atoms with Crippen LogP contribution in [0.4, 0.5) is 0 Å². The van der Waals surface area contributed by atoms with Gasteiger partial charge in [0.05, 0.1) is 12.1 Å². The molecule has 2 aromatic rings. The average molecular weight is 280 g/mol. The summed E-state index contributed by atoms with van der Waals surface area (Å²) < 4.78 is 5.67. The number of benzene rings is 2. The topological polar surface area (TPSA) is 55.5 Å². The molecule has 0 spiro atoms. The molecule has 0 aliphatic heterocycles. The maximum Gasteiger partial charge on any atom is 0.127 e. The fourth-order valence-corrected chi connectivity index (χ4v) is 1.66. The summed E-state index contributed by atoms with van der Waals surface area (Å²) in [4.78, 5) is 0. The van der Waals surface area contributed by atoms with Crippen molar-refractivity contribution in [3.8, 4) is 11.5 Å². The zero-order chi connectivity index (χ0) is 13.0. The fourth-order valence-electron chi connectivity index (χ4n) is 1.66. The number of rotatable bonds is 4. The third-order valence-corrected chi connectivity index (χ3v) is 2.76. The first kappa shape index (κ1) is 15.5. The first-order valence-corrected chi connectivity index (χ1v) is 5.93. The van der Waals surface area contributed by atoms with E-state index in [0.717, 1.165) is 17.1 Å². The molecular weight excluding hydrogens is 262 g/mol. The molecule has 2 rings (SSSR count). The van der Waals surface area contributed by atoms with E-state index in [-0.39, 0.29) is 18.4 Å². The molecule has 3 N–H and O–H groups in total. The summed E-state index contributed by atoms with van der Waals surface area (Å²) in [5.41, 5.74) is 6.74. The lowest BCUT2D eigenvalue weighted by molar-refractivity contribution is 0.164. The molecular formula is C15H18ClNO2. The second-order valence-electron chi connectivity index (χ2n) is 4.25. The molecule has 0 radical (unpaired) electrons. The molecule has 0 saturated heterocycles. The molecule has 0 saturated carbocycles. The van der Waals surface area contributed by atoms with Gasteiger partial charge in [0, 0.05) is 0 Å². The minimum atomic E-state index is -0.564. The Morgan fingerprint density at radius 3 is 2.00 bits per heavy atom. The summed E-state index contributed by atoms with van der Waals surface area (Å²) in [6.45, 7) is 1.68. The largest absolute Gasteiger partial charge is 0.457 e. The van der Waals surface area contributed by atoms with Crippen molar-refractivity contribution in [2.75, 3.05) is 0 Å². The Hall–Kier alpha value is -1.55. The fraction of sp³-hybridized carbons (Fsp3) is 0.200. The van der Waals surface area contributed by atoms with Gasteiger partial charge in [0.15, 0.2) is 0 Å². The molecule has 0 bridgehead atoms. The van der Waals surface area contributed by atoms with Crippen molar-refractivity contribution in [3.63, 3.8) is 0 Å². The molecule has 0 aliphatic carbocycles. The van der Waals surface area contributed by atoms with Gasteiger partial charge in [-0.25, -0.2) is 0 Å². The van der Waals surface area contributed by atoms with Gasteiger partial charge in [0.1, 0.15) is 11.5 Å². The minimum absolute atomic E-state index is 0. The quantitative estimate of drug-likeness (QED) is 0.903. The normalized spacial score (nSPS) is 13.2. The van der Waals surface area contributed by atoms with Gasteiger partial charge in [-0.05, 0) is 36.8 Å². The Bertz CT molecular complexity index is 485. The second-order valence-corrected chi connectivity index (χ2v) is 4.25. The van der Waals surface area contributed by atoms with Gasteiger partial charge in [-0.2, -0.15) is 0 Å². The second kappa shape index (κ2) is 7.14. The zero-order valence-electron chi connectivity index (χ0n) is 10.7. The van der Waals surface area contributed by atoms with Crippen LogP contribution in [0, 0.1) is 0 Å². The molecule has 0 amide bonds. The maximum atomic E-state index is 9.42. The van der Waals surface area contributed by atoms with Crippen LogP contribution in [0.3, 0.4) is 0 Å². The lowest BCUT2D eigenvalue weighted by Crippen LogP contribution is -2.22. The molecule has 0 aliphatic rings. The predicted molar refractivity (Wildman–Crippen MR) is 78.8 cm³/mol. The molecule has 2 atom stereocenters. The smallest absolute Gasteiger partial charge is 0.127 e. The van der Waals surface area contributed by atoms with E-state index in [9.17, 15) is 5.11 Å². The Labute approximate surface area is 119 Å². The number of halogens is 1. The minimum Gasteiger partial charge on any atom is -0.457 e. The van der Waals surface area contributed by atoms with Crippen molar-refractivity contribution in [1.82, 2.24) is 0 Å². The number of hydrogen-bond donors (Lipinski definition) is 2. The van der Waals surface area contributed by atoms with E-state index in [0.29, 0.717) is 0 Å². The summed E-state index contributed by atoms with van der Waals surface area (Å²) in [5, 5.41) is 9.42. The van der Waals surface area contributed by atoms with Crippen LogP contribution in [0.25, 0.3) is 0 Å². The number of aliphatic hydroxyl groups is 1. The molecule has 102 valence electrons. The Kier molecular flexibility index (Phi) is 5.83. The van der Waals surface area contributed by atoms with E-state index in [1.165, 1.54) is 0 Å². The molecule has 3 nitrogen and oxygen atoms in total. The van der Waals surface area contributed by atoms with Crippen molar-refractivity contribution < 1.29 is 9.84 Å². The molecule has 0 fully saturated rings. The van der Waals surface area contributed by atoms with Crippen LogP contribution in [0.15, 0.2) is 54.6 Å². The SMILES string of the molecule is C[C@@H](O)[C@@H](N)c1ccc(Oc2ccccc2)cc1.Cl. The number of para-hydroxylation sites is 1. The Morgan fingerprint density at radius 2 is 1.47 bits per heavy atom. The predicted octanol–water partition coefficient (Wildman–Crippen LogP) is 3.28. The number of nitrogens with two attached hydrogens (primary N) is 1. The van der Waals surface area contributed by atoms with Crippen molar-refractivity contribution in [1.29, 1.82) is 0 Å². The van der Waals surface area contributed by atoms with Crippen LogP contribution < -0.4 is 10.5 Å². The van der Waals surface area contributed by atoms with E-state index in [1.54, 1.807) is 6.92 Å². The van der Waals surface area contributed by atoms with E-state index in [4.69, 9.17) is 10.5 Å². The van der Waals surface area contributed by atoms with Gasteiger partial charge in [0.2, 0.25) is 0 Å². The van der Waals surface area contributed by atoms with Crippen molar-refractivity contribution in [2.45, 2.75) is 19.1 Å². The summed E-state index contributed by atoms with van der Waals surface area (Å²) >= 11 is 0. The Morgan fingerprint density at radius 1 is 0.947 bits per heavy atom. The number of hydrogen-bond acceptors (Lipinski definition) is 3. The average Bonchev–Trinajstić information content (AvgIpc) is 2.40. The van der Waals surface area contributed by atoms with Crippen LogP contribution in [-0.4, -0.2) is 11.2 Å². The molecule has 19 heavy (non-hydrogen) atoms. The van der Waals surface area contributed by atoms with Crippen LogP contribution in [0.5, 0.6) is 11.5 Å². The lowest BCUT2D eigenvalue weighted by Gasteiger charge is -2.15. The van der Waals surface area contributed by atoms with Gasteiger partial charge in [0.25, 0.3) is 0 Å². The van der Waals surface area contributed by atoms with Gasteiger partial charge in [-0.3, -0.25) is 0 Å². The molecule has 0 heterocycles. The van der Waals surface area contributed by atoms with E-state index in [2.05, 4.69) is 0 Å². The molecule has 4 heteroatoms. The van der Waals surface area contributed by atoms with Crippen LogP contribution >= 0.6 is 12.4 Å². The van der Waals surface area contributed by atoms with Gasteiger partial charge < -0.3 is 15.6 Å².